The summed E-state index contributed by atoms with van der Waals surface area (Å²) in [6, 6.07) is 11.4. The molecule has 1 aliphatic rings. The van der Waals surface area contributed by atoms with Crippen LogP contribution >= 0.6 is 0 Å². The first-order chi connectivity index (χ1) is 14.6. The van der Waals surface area contributed by atoms with Crippen LogP contribution in [-0.4, -0.2) is 57.2 Å². The lowest BCUT2D eigenvalue weighted by atomic mass is 10.1. The van der Waals surface area contributed by atoms with Crippen molar-refractivity contribution in [2.24, 2.45) is 0 Å². The molecule has 3 rings (SSSR count). The average Bonchev–Trinajstić information content (AvgIpc) is 3.23. The van der Waals surface area contributed by atoms with E-state index in [-0.39, 0.29) is 29.4 Å². The minimum absolute atomic E-state index is 0.118. The number of benzene rings is 2. The molecule has 0 aliphatic carbocycles. The summed E-state index contributed by atoms with van der Waals surface area (Å²) in [5.41, 5.74) is 3.08. The number of ether oxygens (including phenoxy) is 1. The van der Waals surface area contributed by atoms with Crippen molar-refractivity contribution in [3.63, 3.8) is 0 Å². The fraction of sp³-hybridized carbons (Fsp3) is 0.391. The minimum atomic E-state index is -3.35. The van der Waals surface area contributed by atoms with Crippen molar-refractivity contribution >= 4 is 27.3 Å². The molecule has 2 aromatic carbocycles. The number of hydrogen-bond acceptors (Lipinski definition) is 5. The zero-order valence-corrected chi connectivity index (χ0v) is 18.9. The number of carbonyl (C=O) groups is 2. The summed E-state index contributed by atoms with van der Waals surface area (Å²) in [5.74, 6) is -0.639. The van der Waals surface area contributed by atoms with E-state index in [0.717, 1.165) is 30.2 Å². The number of nitrogens with zero attached hydrogens (tertiary/aromatic N) is 1. The smallest absolute Gasteiger partial charge is 0.254 e. The Balaban J connectivity index is 1.77. The van der Waals surface area contributed by atoms with Crippen molar-refractivity contribution in [1.29, 1.82) is 0 Å². The maximum absolute atomic E-state index is 13.1. The number of amides is 2. The second kappa shape index (κ2) is 9.62. The quantitative estimate of drug-likeness (QED) is 0.709. The van der Waals surface area contributed by atoms with E-state index in [1.165, 1.54) is 29.2 Å². The summed E-state index contributed by atoms with van der Waals surface area (Å²) < 4.78 is 29.0. The largest absolute Gasteiger partial charge is 0.376 e. The molecule has 1 saturated heterocycles. The van der Waals surface area contributed by atoms with E-state index >= 15 is 0 Å². The van der Waals surface area contributed by atoms with Gasteiger partial charge in [-0.05, 0) is 68.1 Å². The van der Waals surface area contributed by atoms with Gasteiger partial charge in [0.1, 0.15) is 6.54 Å². The molecule has 1 fully saturated rings. The highest BCUT2D eigenvalue weighted by atomic mass is 32.2. The Bertz CT molecular complexity index is 1060. The Morgan fingerprint density at radius 1 is 1.13 bits per heavy atom. The van der Waals surface area contributed by atoms with Crippen LogP contribution in [0.2, 0.25) is 0 Å². The molecular formula is C23H28N2O5S. The van der Waals surface area contributed by atoms with Gasteiger partial charge in [-0.15, -0.1) is 0 Å². The molecule has 0 radical (unpaired) electrons. The second-order valence-electron chi connectivity index (χ2n) is 7.91. The van der Waals surface area contributed by atoms with Crippen molar-refractivity contribution in [2.45, 2.75) is 37.7 Å². The molecule has 2 aromatic rings. The molecule has 8 heteroatoms. The molecule has 0 aromatic heterocycles. The van der Waals surface area contributed by atoms with Crippen molar-refractivity contribution in [2.75, 3.05) is 31.3 Å². The average molecular weight is 445 g/mol. The first-order valence-corrected chi connectivity index (χ1v) is 12.1. The van der Waals surface area contributed by atoms with Crippen LogP contribution in [-0.2, 0) is 19.4 Å². The number of rotatable bonds is 7. The summed E-state index contributed by atoms with van der Waals surface area (Å²) >= 11 is 0. The van der Waals surface area contributed by atoms with Gasteiger partial charge in [-0.1, -0.05) is 12.1 Å². The topological polar surface area (TPSA) is 92.8 Å². The number of anilines is 1. The molecule has 31 heavy (non-hydrogen) atoms. The van der Waals surface area contributed by atoms with Crippen LogP contribution in [0.1, 0.15) is 34.3 Å². The maximum atomic E-state index is 13.1. The molecular weight excluding hydrogens is 416 g/mol. The highest BCUT2D eigenvalue weighted by Gasteiger charge is 2.25. The first-order valence-electron chi connectivity index (χ1n) is 10.2. The zero-order valence-electron chi connectivity index (χ0n) is 18.1. The van der Waals surface area contributed by atoms with Gasteiger partial charge in [0.2, 0.25) is 5.91 Å². The number of sulfone groups is 1. The van der Waals surface area contributed by atoms with Crippen molar-refractivity contribution < 1.29 is 22.7 Å². The predicted octanol–water partition coefficient (Wildman–Crippen LogP) is 2.97. The fourth-order valence-corrected chi connectivity index (χ4v) is 4.16. The molecule has 0 unspecified atom stereocenters. The lowest BCUT2D eigenvalue weighted by molar-refractivity contribution is -0.117. The molecule has 1 N–H and O–H groups in total. The molecule has 1 heterocycles. The molecule has 1 atom stereocenters. The Morgan fingerprint density at radius 3 is 2.45 bits per heavy atom. The zero-order chi connectivity index (χ0) is 22.6. The van der Waals surface area contributed by atoms with Crippen LogP contribution in [0.5, 0.6) is 0 Å². The molecule has 0 saturated carbocycles. The summed E-state index contributed by atoms with van der Waals surface area (Å²) in [7, 11) is -3.35. The molecule has 0 bridgehead atoms. The van der Waals surface area contributed by atoms with Crippen LogP contribution in [0.3, 0.4) is 0 Å². The van der Waals surface area contributed by atoms with Crippen LogP contribution in [0, 0.1) is 13.8 Å². The Kier molecular flexibility index (Phi) is 7.12. The maximum Gasteiger partial charge on any atom is 0.254 e. The number of carbonyl (C=O) groups excluding carboxylic acids is 2. The third kappa shape index (κ3) is 5.92. The number of nitrogens with one attached hydrogen (secondary N) is 1. The third-order valence-electron chi connectivity index (χ3n) is 5.48. The number of hydrogen-bond donors (Lipinski definition) is 1. The van der Waals surface area contributed by atoms with Crippen molar-refractivity contribution in [3.05, 3.63) is 59.2 Å². The lowest BCUT2D eigenvalue weighted by Crippen LogP contribution is -2.42. The van der Waals surface area contributed by atoms with Gasteiger partial charge in [-0.2, -0.15) is 0 Å². The molecule has 7 nitrogen and oxygen atoms in total. The van der Waals surface area contributed by atoms with Gasteiger partial charge in [-0.3, -0.25) is 9.59 Å². The lowest BCUT2D eigenvalue weighted by Gasteiger charge is -2.25. The second-order valence-corrected chi connectivity index (χ2v) is 9.93. The van der Waals surface area contributed by atoms with Gasteiger partial charge in [0.05, 0.1) is 11.0 Å². The van der Waals surface area contributed by atoms with E-state index in [1.807, 2.05) is 32.0 Å². The Hall–Kier alpha value is -2.71. The normalized spacial score (nSPS) is 16.2. The third-order valence-corrected chi connectivity index (χ3v) is 6.61. The van der Waals surface area contributed by atoms with Gasteiger partial charge >= 0.3 is 0 Å². The Morgan fingerprint density at radius 2 is 1.84 bits per heavy atom. The van der Waals surface area contributed by atoms with Gasteiger partial charge in [0.15, 0.2) is 9.84 Å². The predicted molar refractivity (Wildman–Crippen MR) is 119 cm³/mol. The summed E-state index contributed by atoms with van der Waals surface area (Å²) in [6.07, 6.45) is 2.75. The molecule has 2 amide bonds. The van der Waals surface area contributed by atoms with Gasteiger partial charge < -0.3 is 15.0 Å². The summed E-state index contributed by atoms with van der Waals surface area (Å²) in [5, 5.41) is 2.89. The van der Waals surface area contributed by atoms with Crippen LogP contribution < -0.4 is 5.32 Å². The Labute approximate surface area is 183 Å². The van der Waals surface area contributed by atoms with Crippen LogP contribution in [0.25, 0.3) is 0 Å². The van der Waals surface area contributed by atoms with E-state index in [2.05, 4.69) is 5.32 Å². The summed E-state index contributed by atoms with van der Waals surface area (Å²) in [6.45, 7) is 4.72. The van der Waals surface area contributed by atoms with Crippen molar-refractivity contribution in [3.8, 4) is 0 Å². The standard InChI is InChI=1S/C23H28N2O5S/c1-16-6-4-8-21(17(16)2)24-22(26)15-25(14-19-7-5-13-30-19)23(27)18-9-11-20(12-10-18)31(3,28)29/h4,6,8-12,19H,5,7,13-15H2,1-3H3,(H,24,26)/t19-/m0/s1. The van der Waals surface area contributed by atoms with E-state index < -0.39 is 9.84 Å². The molecule has 1 aliphatic heterocycles. The van der Waals surface area contributed by atoms with Gasteiger partial charge in [0, 0.05) is 30.7 Å². The molecule has 166 valence electrons. The highest BCUT2D eigenvalue weighted by molar-refractivity contribution is 7.90. The van der Waals surface area contributed by atoms with Crippen LogP contribution in [0.15, 0.2) is 47.4 Å². The fourth-order valence-electron chi connectivity index (χ4n) is 3.53. The first kappa shape index (κ1) is 23.0. The van der Waals surface area contributed by atoms with Crippen molar-refractivity contribution in [1.82, 2.24) is 4.90 Å². The van der Waals surface area contributed by atoms with E-state index in [9.17, 15) is 18.0 Å². The number of aryl methyl sites for hydroxylation is 1. The SMILES string of the molecule is Cc1cccc(NC(=O)CN(C[C@@H]2CCCO2)C(=O)c2ccc(S(C)(=O)=O)cc2)c1C. The minimum Gasteiger partial charge on any atom is -0.376 e. The summed E-state index contributed by atoms with van der Waals surface area (Å²) in [4.78, 5) is 27.5. The monoisotopic (exact) mass is 444 g/mol. The van der Waals surface area contributed by atoms with E-state index in [0.29, 0.717) is 24.4 Å². The molecule has 0 spiro atoms. The highest BCUT2D eigenvalue weighted by Crippen LogP contribution is 2.19. The van der Waals surface area contributed by atoms with E-state index in [4.69, 9.17) is 4.74 Å². The van der Waals surface area contributed by atoms with E-state index in [1.54, 1.807) is 0 Å². The van der Waals surface area contributed by atoms with Gasteiger partial charge in [-0.25, -0.2) is 8.42 Å². The van der Waals surface area contributed by atoms with Crippen LogP contribution in [0.4, 0.5) is 5.69 Å². The van der Waals surface area contributed by atoms with Gasteiger partial charge in [0.25, 0.3) is 5.91 Å².